The lowest BCUT2D eigenvalue weighted by Crippen LogP contribution is -2.07. The van der Waals surface area contributed by atoms with Gasteiger partial charge in [-0.2, -0.15) is 0 Å². The monoisotopic (exact) mass is 283 g/mol. The van der Waals surface area contributed by atoms with Crippen LogP contribution in [0.5, 0.6) is 0 Å². The van der Waals surface area contributed by atoms with Gasteiger partial charge < -0.3 is 9.15 Å². The van der Waals surface area contributed by atoms with E-state index in [1.165, 1.54) is 6.39 Å². The molecule has 0 unspecified atom stereocenters. The Balaban J connectivity index is 2.68. The first kappa shape index (κ1) is 11.1. The number of aryl methyl sites for hydroxylation is 1. The Morgan fingerprint density at radius 2 is 2.38 bits per heavy atom. The number of hydrogen-bond acceptors (Lipinski definition) is 4. The van der Waals surface area contributed by atoms with Gasteiger partial charge in [-0.3, -0.25) is 0 Å². The van der Waals surface area contributed by atoms with Gasteiger partial charge in [0.15, 0.2) is 12.0 Å². The number of rotatable bonds is 2. The van der Waals surface area contributed by atoms with Crippen LogP contribution in [0.4, 0.5) is 0 Å². The Hall–Kier alpha value is -1.36. The molecule has 1 aromatic heterocycles. The maximum Gasteiger partial charge on any atom is 0.342 e. The molecule has 0 saturated heterocycles. The number of ether oxygens (including phenoxy) is 1. The van der Waals surface area contributed by atoms with Crippen LogP contribution in [-0.2, 0) is 4.74 Å². The van der Waals surface area contributed by atoms with Crippen molar-refractivity contribution in [1.82, 2.24) is 4.98 Å². The summed E-state index contributed by atoms with van der Waals surface area (Å²) < 4.78 is 11.0. The molecule has 0 N–H and O–H groups in total. The Kier molecular flexibility index (Phi) is 2.96. The van der Waals surface area contributed by atoms with Crippen LogP contribution in [0.2, 0.25) is 0 Å². The van der Waals surface area contributed by atoms with Gasteiger partial charge in [-0.25, -0.2) is 9.78 Å². The molecule has 0 aliphatic carbocycles. The summed E-state index contributed by atoms with van der Waals surface area (Å²) in [6.45, 7) is 3.94. The first-order valence-corrected chi connectivity index (χ1v) is 5.63. The fraction of sp³-hybridized carbons (Fsp3) is 0.273. The van der Waals surface area contributed by atoms with Crippen molar-refractivity contribution in [3.05, 3.63) is 28.1 Å². The predicted molar refractivity (Wildman–Crippen MR) is 62.4 cm³/mol. The Morgan fingerprint density at radius 1 is 1.62 bits per heavy atom. The van der Waals surface area contributed by atoms with Crippen molar-refractivity contribution in [2.24, 2.45) is 0 Å². The van der Waals surface area contributed by atoms with E-state index in [1.54, 1.807) is 6.92 Å². The minimum Gasteiger partial charge on any atom is -0.462 e. The molecule has 1 aromatic carbocycles. The Labute approximate surface area is 101 Å². The third kappa shape index (κ3) is 1.71. The highest BCUT2D eigenvalue weighted by Gasteiger charge is 2.19. The van der Waals surface area contributed by atoms with Crippen molar-refractivity contribution in [3.63, 3.8) is 0 Å². The van der Waals surface area contributed by atoms with Crippen LogP contribution < -0.4 is 0 Å². The molecule has 0 radical (unpaired) electrons. The molecule has 0 atom stereocenters. The molecule has 0 amide bonds. The van der Waals surface area contributed by atoms with E-state index in [1.807, 2.05) is 13.0 Å². The van der Waals surface area contributed by atoms with Gasteiger partial charge in [0.1, 0.15) is 11.1 Å². The normalized spacial score (nSPS) is 10.7. The average molecular weight is 284 g/mol. The summed E-state index contributed by atoms with van der Waals surface area (Å²) in [4.78, 5) is 15.8. The third-order valence-corrected chi connectivity index (χ3v) is 2.84. The standard InChI is InChI=1S/C11H10BrNO3/c1-3-15-11(14)8-6(2)4-7(12)9-10(8)16-5-13-9/h4-5H,3H2,1-2H3. The average Bonchev–Trinajstić information content (AvgIpc) is 2.66. The number of carbonyl (C=O) groups is 1. The van der Waals surface area contributed by atoms with E-state index in [4.69, 9.17) is 9.15 Å². The van der Waals surface area contributed by atoms with Crippen LogP contribution in [0.25, 0.3) is 11.1 Å². The number of halogens is 1. The second-order valence-electron chi connectivity index (χ2n) is 3.30. The van der Waals surface area contributed by atoms with Gasteiger partial charge >= 0.3 is 5.97 Å². The van der Waals surface area contributed by atoms with E-state index < -0.39 is 0 Å². The van der Waals surface area contributed by atoms with Crippen molar-refractivity contribution >= 4 is 33.0 Å². The molecule has 5 heteroatoms. The smallest absolute Gasteiger partial charge is 0.342 e. The predicted octanol–water partition coefficient (Wildman–Crippen LogP) is 3.08. The lowest BCUT2D eigenvalue weighted by Gasteiger charge is -2.06. The summed E-state index contributed by atoms with van der Waals surface area (Å²) >= 11 is 3.37. The number of esters is 1. The van der Waals surface area contributed by atoms with E-state index in [9.17, 15) is 4.79 Å². The fourth-order valence-electron chi connectivity index (χ4n) is 1.56. The van der Waals surface area contributed by atoms with Gasteiger partial charge in [0.05, 0.1) is 6.61 Å². The number of nitrogens with zero attached hydrogens (tertiary/aromatic N) is 1. The van der Waals surface area contributed by atoms with Crippen LogP contribution in [0.3, 0.4) is 0 Å². The molecule has 0 fully saturated rings. The minimum absolute atomic E-state index is 0.337. The zero-order valence-electron chi connectivity index (χ0n) is 8.91. The largest absolute Gasteiger partial charge is 0.462 e. The molecule has 2 aromatic rings. The quantitative estimate of drug-likeness (QED) is 0.795. The van der Waals surface area contributed by atoms with Crippen LogP contribution in [-0.4, -0.2) is 17.6 Å². The summed E-state index contributed by atoms with van der Waals surface area (Å²) in [5.41, 5.74) is 2.34. The molecular weight excluding hydrogens is 274 g/mol. The molecular formula is C11H10BrNO3. The van der Waals surface area contributed by atoms with E-state index in [-0.39, 0.29) is 5.97 Å². The summed E-state index contributed by atoms with van der Waals surface area (Å²) in [6.07, 6.45) is 1.32. The molecule has 1 heterocycles. The molecule has 0 aliphatic rings. The molecule has 0 spiro atoms. The lowest BCUT2D eigenvalue weighted by atomic mass is 10.1. The summed E-state index contributed by atoms with van der Waals surface area (Å²) in [5, 5.41) is 0. The molecule has 84 valence electrons. The number of aromatic nitrogens is 1. The van der Waals surface area contributed by atoms with Gasteiger partial charge in [-0.05, 0) is 41.4 Å². The van der Waals surface area contributed by atoms with Crippen LogP contribution >= 0.6 is 15.9 Å². The van der Waals surface area contributed by atoms with E-state index in [0.29, 0.717) is 23.3 Å². The third-order valence-electron chi connectivity index (χ3n) is 2.24. The van der Waals surface area contributed by atoms with Gasteiger partial charge in [-0.1, -0.05) is 0 Å². The minimum atomic E-state index is -0.380. The number of fused-ring (bicyclic) bond motifs is 1. The zero-order chi connectivity index (χ0) is 11.7. The van der Waals surface area contributed by atoms with Gasteiger partial charge in [-0.15, -0.1) is 0 Å². The maximum atomic E-state index is 11.8. The van der Waals surface area contributed by atoms with Crippen molar-refractivity contribution in [3.8, 4) is 0 Å². The summed E-state index contributed by atoms with van der Waals surface area (Å²) in [5.74, 6) is -0.380. The number of oxazole rings is 1. The van der Waals surface area contributed by atoms with Crippen LogP contribution in [0.1, 0.15) is 22.8 Å². The molecule has 0 saturated carbocycles. The highest BCUT2D eigenvalue weighted by molar-refractivity contribution is 9.10. The van der Waals surface area contributed by atoms with Gasteiger partial charge in [0.2, 0.25) is 0 Å². The first-order chi connectivity index (χ1) is 7.65. The molecule has 4 nitrogen and oxygen atoms in total. The molecule has 0 bridgehead atoms. The van der Waals surface area contributed by atoms with E-state index in [0.717, 1.165) is 10.0 Å². The van der Waals surface area contributed by atoms with E-state index in [2.05, 4.69) is 20.9 Å². The summed E-state index contributed by atoms with van der Waals surface area (Å²) in [7, 11) is 0. The van der Waals surface area contributed by atoms with Crippen molar-refractivity contribution < 1.29 is 13.9 Å². The molecule has 16 heavy (non-hydrogen) atoms. The second kappa shape index (κ2) is 4.25. The Morgan fingerprint density at radius 3 is 3.06 bits per heavy atom. The van der Waals surface area contributed by atoms with E-state index >= 15 is 0 Å². The van der Waals surface area contributed by atoms with Crippen LogP contribution in [0, 0.1) is 6.92 Å². The van der Waals surface area contributed by atoms with Crippen molar-refractivity contribution in [1.29, 1.82) is 0 Å². The topological polar surface area (TPSA) is 52.3 Å². The lowest BCUT2D eigenvalue weighted by molar-refractivity contribution is 0.0526. The second-order valence-corrected chi connectivity index (χ2v) is 4.16. The zero-order valence-corrected chi connectivity index (χ0v) is 10.5. The summed E-state index contributed by atoms with van der Waals surface area (Å²) in [6, 6.07) is 1.83. The van der Waals surface area contributed by atoms with Gasteiger partial charge in [0, 0.05) is 4.47 Å². The number of hydrogen-bond donors (Lipinski definition) is 0. The van der Waals surface area contributed by atoms with Crippen LogP contribution in [0.15, 0.2) is 21.3 Å². The SMILES string of the molecule is CCOC(=O)c1c(C)cc(Br)c2ncoc12. The van der Waals surface area contributed by atoms with Gasteiger partial charge in [0.25, 0.3) is 0 Å². The fourth-order valence-corrected chi connectivity index (χ4v) is 2.19. The first-order valence-electron chi connectivity index (χ1n) is 4.84. The Bertz CT molecular complexity index is 547. The van der Waals surface area contributed by atoms with Crippen molar-refractivity contribution in [2.45, 2.75) is 13.8 Å². The highest BCUT2D eigenvalue weighted by Crippen LogP contribution is 2.29. The maximum absolute atomic E-state index is 11.8. The molecule has 0 aliphatic heterocycles. The van der Waals surface area contributed by atoms with Crippen molar-refractivity contribution in [2.75, 3.05) is 6.61 Å². The molecule has 2 rings (SSSR count). The highest BCUT2D eigenvalue weighted by atomic mass is 79.9. The number of benzene rings is 1. The number of carbonyl (C=O) groups excluding carboxylic acids is 1.